The second-order valence-electron chi connectivity index (χ2n) is 6.65. The van der Waals surface area contributed by atoms with Crippen LogP contribution in [0.5, 0.6) is 0 Å². The number of nitrogens with zero attached hydrogens (tertiary/aromatic N) is 4. The Hall–Kier alpha value is -2.20. The summed E-state index contributed by atoms with van der Waals surface area (Å²) >= 11 is 0. The van der Waals surface area contributed by atoms with E-state index >= 15 is 0 Å². The Bertz CT molecular complexity index is 788. The zero-order valence-electron chi connectivity index (χ0n) is 15.8. The van der Waals surface area contributed by atoms with Crippen molar-refractivity contribution in [3.05, 3.63) is 23.9 Å². The van der Waals surface area contributed by atoms with Gasteiger partial charge in [-0.1, -0.05) is 0 Å². The van der Waals surface area contributed by atoms with Crippen LogP contribution in [0, 0.1) is 0 Å². The van der Waals surface area contributed by atoms with Crippen molar-refractivity contribution in [3.63, 3.8) is 0 Å². The Balaban J connectivity index is 2.20. The number of carbonyl (C=O) groups excluding carboxylic acids is 1. The van der Waals surface area contributed by atoms with E-state index in [0.717, 1.165) is 0 Å². The number of pyridine rings is 1. The minimum absolute atomic E-state index is 0.0275. The van der Waals surface area contributed by atoms with Crippen LogP contribution in [0.4, 0.5) is 5.82 Å². The maximum Gasteiger partial charge on any atom is 0.323 e. The lowest BCUT2D eigenvalue weighted by atomic mass is 10.0. The van der Waals surface area contributed by atoms with E-state index in [9.17, 15) is 23.1 Å². The number of hydrogen-bond donors (Lipinski definition) is 1. The summed E-state index contributed by atoms with van der Waals surface area (Å²) in [5.41, 5.74) is 0.360. The van der Waals surface area contributed by atoms with Crippen molar-refractivity contribution in [2.24, 2.45) is 0 Å². The summed E-state index contributed by atoms with van der Waals surface area (Å²) in [6, 6.07) is 2.85. The second kappa shape index (κ2) is 8.66. The Morgan fingerprint density at radius 2 is 1.93 bits per heavy atom. The molecule has 0 bridgehead atoms. The van der Waals surface area contributed by atoms with E-state index in [-0.39, 0.29) is 30.8 Å². The van der Waals surface area contributed by atoms with E-state index in [0.29, 0.717) is 24.2 Å². The number of carboxylic acid groups (broad SMARTS) is 1. The molecule has 1 amide bonds. The van der Waals surface area contributed by atoms with Gasteiger partial charge in [0, 0.05) is 45.0 Å². The van der Waals surface area contributed by atoms with Crippen molar-refractivity contribution in [1.29, 1.82) is 0 Å². The first-order valence-electron chi connectivity index (χ1n) is 8.79. The number of carboxylic acids is 1. The van der Waals surface area contributed by atoms with Gasteiger partial charge in [-0.25, -0.2) is 17.7 Å². The van der Waals surface area contributed by atoms with Gasteiger partial charge < -0.3 is 14.9 Å². The number of aliphatic carboxylic acids is 1. The van der Waals surface area contributed by atoms with Gasteiger partial charge in [0.05, 0.1) is 5.75 Å². The summed E-state index contributed by atoms with van der Waals surface area (Å²) in [5.74, 6) is -0.867. The summed E-state index contributed by atoms with van der Waals surface area (Å²) in [7, 11) is 0.321. The topological polar surface area (TPSA) is 111 Å². The third kappa shape index (κ3) is 5.16. The van der Waals surface area contributed by atoms with Crippen molar-refractivity contribution in [1.82, 2.24) is 14.2 Å². The van der Waals surface area contributed by atoms with Crippen LogP contribution in [0.2, 0.25) is 0 Å². The zero-order chi connectivity index (χ0) is 20.2. The van der Waals surface area contributed by atoms with Crippen LogP contribution in [0.15, 0.2) is 18.3 Å². The van der Waals surface area contributed by atoms with Gasteiger partial charge >= 0.3 is 5.97 Å². The number of anilines is 1. The molecule has 2 rings (SSSR count). The van der Waals surface area contributed by atoms with Crippen molar-refractivity contribution in [2.45, 2.75) is 25.8 Å². The summed E-state index contributed by atoms with van der Waals surface area (Å²) in [6.45, 7) is 1.73. The van der Waals surface area contributed by atoms with Crippen molar-refractivity contribution in [2.75, 3.05) is 44.4 Å². The molecule has 0 aliphatic carbocycles. The predicted octanol–water partition coefficient (Wildman–Crippen LogP) is 0.489. The first-order valence-corrected chi connectivity index (χ1v) is 10.4. The molecule has 0 radical (unpaired) electrons. The minimum atomic E-state index is -3.28. The number of rotatable bonds is 7. The third-order valence-electron chi connectivity index (χ3n) is 4.64. The van der Waals surface area contributed by atoms with Crippen LogP contribution in [-0.4, -0.2) is 85.1 Å². The molecule has 0 aromatic carbocycles. The highest BCUT2D eigenvalue weighted by molar-refractivity contribution is 7.89. The van der Waals surface area contributed by atoms with E-state index in [1.54, 1.807) is 38.1 Å². The lowest BCUT2D eigenvalue weighted by Gasteiger charge is -2.37. The molecule has 0 atom stereocenters. The SMILES string of the molecule is CCS(=O)(=O)N1CCC(N(CC(=O)O)C(=O)c2ccnc(N(C)C)c2)CC1. The van der Waals surface area contributed by atoms with Gasteiger partial charge in [-0.2, -0.15) is 0 Å². The third-order valence-corrected chi connectivity index (χ3v) is 6.52. The largest absolute Gasteiger partial charge is 0.480 e. The Labute approximate surface area is 159 Å². The van der Waals surface area contributed by atoms with Crippen LogP contribution in [-0.2, 0) is 14.8 Å². The van der Waals surface area contributed by atoms with Crippen LogP contribution in [0.3, 0.4) is 0 Å². The van der Waals surface area contributed by atoms with Crippen LogP contribution < -0.4 is 4.90 Å². The maximum absolute atomic E-state index is 13.0. The zero-order valence-corrected chi connectivity index (χ0v) is 16.6. The number of sulfonamides is 1. The molecule has 9 nitrogen and oxygen atoms in total. The first-order chi connectivity index (χ1) is 12.7. The molecule has 1 fully saturated rings. The van der Waals surface area contributed by atoms with Crippen LogP contribution >= 0.6 is 0 Å². The second-order valence-corrected chi connectivity index (χ2v) is 8.91. The van der Waals surface area contributed by atoms with Gasteiger partial charge in [0.2, 0.25) is 10.0 Å². The predicted molar refractivity (Wildman–Crippen MR) is 101 cm³/mol. The molecular weight excluding hydrogens is 372 g/mol. The Kier molecular flexibility index (Phi) is 6.77. The minimum Gasteiger partial charge on any atom is -0.480 e. The smallest absolute Gasteiger partial charge is 0.323 e. The standard InChI is InChI=1S/C17H26N4O5S/c1-4-27(25,26)20-9-6-14(7-10-20)21(12-16(22)23)17(24)13-5-8-18-15(11-13)19(2)3/h5,8,11,14H,4,6-7,9-10,12H2,1-3H3,(H,22,23). The van der Waals surface area contributed by atoms with E-state index in [1.165, 1.54) is 15.4 Å². The van der Waals surface area contributed by atoms with Crippen LogP contribution in [0.1, 0.15) is 30.1 Å². The molecule has 1 saturated heterocycles. The van der Waals surface area contributed by atoms with Gasteiger partial charge in [0.1, 0.15) is 12.4 Å². The fourth-order valence-corrected chi connectivity index (χ4v) is 4.22. The molecule has 1 aliphatic rings. The Morgan fingerprint density at radius 3 is 2.44 bits per heavy atom. The highest BCUT2D eigenvalue weighted by atomic mass is 32.2. The number of piperidine rings is 1. The highest BCUT2D eigenvalue weighted by Crippen LogP contribution is 2.22. The number of amides is 1. The molecule has 0 saturated carbocycles. The molecule has 1 aromatic heterocycles. The molecule has 10 heteroatoms. The molecule has 2 heterocycles. The molecular formula is C17H26N4O5S. The van der Waals surface area contributed by atoms with E-state index in [4.69, 9.17) is 0 Å². The summed E-state index contributed by atoms with van der Waals surface area (Å²) in [5, 5.41) is 9.25. The van der Waals surface area contributed by atoms with Gasteiger partial charge in [-0.3, -0.25) is 9.59 Å². The van der Waals surface area contributed by atoms with E-state index < -0.39 is 22.5 Å². The van der Waals surface area contributed by atoms with Gasteiger partial charge in [0.15, 0.2) is 0 Å². The molecule has 1 aromatic rings. The van der Waals surface area contributed by atoms with Crippen molar-refractivity contribution in [3.8, 4) is 0 Å². The molecule has 150 valence electrons. The number of aromatic nitrogens is 1. The number of hydrogen-bond acceptors (Lipinski definition) is 6. The molecule has 0 unspecified atom stereocenters. The van der Waals surface area contributed by atoms with E-state index in [1.807, 2.05) is 0 Å². The molecule has 27 heavy (non-hydrogen) atoms. The van der Waals surface area contributed by atoms with Gasteiger partial charge in [-0.15, -0.1) is 0 Å². The average Bonchev–Trinajstić information content (AvgIpc) is 2.65. The maximum atomic E-state index is 13.0. The Morgan fingerprint density at radius 1 is 1.30 bits per heavy atom. The van der Waals surface area contributed by atoms with Gasteiger partial charge in [-0.05, 0) is 31.9 Å². The number of carbonyl (C=O) groups is 2. The van der Waals surface area contributed by atoms with Gasteiger partial charge in [0.25, 0.3) is 5.91 Å². The summed E-state index contributed by atoms with van der Waals surface area (Å²) in [4.78, 5) is 31.5. The van der Waals surface area contributed by atoms with Crippen molar-refractivity contribution >= 4 is 27.7 Å². The normalized spacial score (nSPS) is 16.1. The first kappa shape index (κ1) is 21.1. The summed E-state index contributed by atoms with van der Waals surface area (Å²) < 4.78 is 25.4. The van der Waals surface area contributed by atoms with Crippen molar-refractivity contribution < 1.29 is 23.1 Å². The molecule has 1 aliphatic heterocycles. The lowest BCUT2D eigenvalue weighted by molar-refractivity contribution is -0.138. The van der Waals surface area contributed by atoms with Crippen LogP contribution in [0.25, 0.3) is 0 Å². The fraction of sp³-hybridized carbons (Fsp3) is 0.588. The lowest BCUT2D eigenvalue weighted by Crippen LogP contribution is -2.50. The molecule has 1 N–H and O–H groups in total. The quantitative estimate of drug-likeness (QED) is 0.711. The highest BCUT2D eigenvalue weighted by Gasteiger charge is 2.33. The fourth-order valence-electron chi connectivity index (χ4n) is 3.09. The molecule has 0 spiro atoms. The monoisotopic (exact) mass is 398 g/mol. The summed E-state index contributed by atoms with van der Waals surface area (Å²) in [6.07, 6.45) is 2.33. The van der Waals surface area contributed by atoms with E-state index in [2.05, 4.69) is 4.98 Å². The average molecular weight is 398 g/mol.